The summed E-state index contributed by atoms with van der Waals surface area (Å²) in [5.41, 5.74) is 6.38. The number of hydrogen-bond donors (Lipinski definition) is 2. The molecule has 3 nitrogen and oxygen atoms in total. The molecule has 0 spiro atoms. The number of benzene rings is 1. The van der Waals surface area contributed by atoms with Gasteiger partial charge in [0.2, 0.25) is 0 Å². The van der Waals surface area contributed by atoms with Crippen molar-refractivity contribution in [3.8, 4) is 0 Å². The maximum Gasteiger partial charge on any atom is 0.253 e. The Morgan fingerprint density at radius 1 is 1.62 bits per heavy atom. The predicted molar refractivity (Wildman–Crippen MR) is 53.9 cm³/mol. The van der Waals surface area contributed by atoms with E-state index in [1.54, 1.807) is 18.2 Å². The first kappa shape index (κ1) is 9.86. The van der Waals surface area contributed by atoms with Crippen molar-refractivity contribution in [1.82, 2.24) is 5.32 Å². The number of para-hydroxylation sites is 1. The highest BCUT2D eigenvalue weighted by Crippen LogP contribution is 2.21. The highest BCUT2D eigenvalue weighted by Gasteiger charge is 2.09. The molecule has 0 heterocycles. The topological polar surface area (TPSA) is 55.1 Å². The SMILES string of the molecule is CCNC(=O)c1cccc(Cl)c1N. The number of halogens is 1. The van der Waals surface area contributed by atoms with E-state index < -0.39 is 0 Å². The fourth-order valence-electron chi connectivity index (χ4n) is 0.991. The lowest BCUT2D eigenvalue weighted by molar-refractivity contribution is 0.0956. The fraction of sp³-hybridized carbons (Fsp3) is 0.222. The van der Waals surface area contributed by atoms with E-state index >= 15 is 0 Å². The predicted octanol–water partition coefficient (Wildman–Crippen LogP) is 1.67. The van der Waals surface area contributed by atoms with E-state index in [2.05, 4.69) is 5.32 Å². The lowest BCUT2D eigenvalue weighted by Crippen LogP contribution is -2.23. The number of carbonyl (C=O) groups is 1. The van der Waals surface area contributed by atoms with Crippen LogP contribution in [0.3, 0.4) is 0 Å². The summed E-state index contributed by atoms with van der Waals surface area (Å²) < 4.78 is 0. The van der Waals surface area contributed by atoms with Crippen molar-refractivity contribution >= 4 is 23.2 Å². The van der Waals surface area contributed by atoms with Crippen LogP contribution in [0.25, 0.3) is 0 Å². The molecular formula is C9H11ClN2O. The maximum absolute atomic E-state index is 11.4. The normalized spacial score (nSPS) is 9.69. The van der Waals surface area contributed by atoms with Gasteiger partial charge in [-0.2, -0.15) is 0 Å². The molecule has 1 rings (SSSR count). The summed E-state index contributed by atoms with van der Waals surface area (Å²) in [6.07, 6.45) is 0. The van der Waals surface area contributed by atoms with Crippen molar-refractivity contribution in [3.63, 3.8) is 0 Å². The van der Waals surface area contributed by atoms with Crippen LogP contribution in [-0.2, 0) is 0 Å². The molecule has 1 aromatic rings. The number of nitrogens with one attached hydrogen (secondary N) is 1. The zero-order chi connectivity index (χ0) is 9.84. The Labute approximate surface area is 81.9 Å². The van der Waals surface area contributed by atoms with Crippen LogP contribution in [0.15, 0.2) is 18.2 Å². The van der Waals surface area contributed by atoms with E-state index in [1.807, 2.05) is 6.92 Å². The van der Waals surface area contributed by atoms with Gasteiger partial charge in [0.15, 0.2) is 0 Å². The minimum atomic E-state index is -0.192. The van der Waals surface area contributed by atoms with Gasteiger partial charge < -0.3 is 11.1 Å². The average molecular weight is 199 g/mol. The van der Waals surface area contributed by atoms with Crippen LogP contribution in [-0.4, -0.2) is 12.5 Å². The molecule has 0 radical (unpaired) electrons. The molecule has 0 aliphatic carbocycles. The van der Waals surface area contributed by atoms with Gasteiger partial charge in [-0.25, -0.2) is 0 Å². The van der Waals surface area contributed by atoms with Crippen molar-refractivity contribution in [2.45, 2.75) is 6.92 Å². The third-order valence-electron chi connectivity index (χ3n) is 1.63. The minimum absolute atomic E-state index is 0.192. The smallest absolute Gasteiger partial charge is 0.253 e. The van der Waals surface area contributed by atoms with Gasteiger partial charge in [0.05, 0.1) is 16.3 Å². The second-order valence-corrected chi connectivity index (χ2v) is 2.97. The van der Waals surface area contributed by atoms with E-state index in [0.29, 0.717) is 22.8 Å². The first-order chi connectivity index (χ1) is 6.16. The van der Waals surface area contributed by atoms with Gasteiger partial charge in [-0.15, -0.1) is 0 Å². The van der Waals surface area contributed by atoms with E-state index in [0.717, 1.165) is 0 Å². The Morgan fingerprint density at radius 2 is 2.31 bits per heavy atom. The first-order valence-electron chi connectivity index (χ1n) is 3.99. The molecule has 4 heteroatoms. The third-order valence-corrected chi connectivity index (χ3v) is 1.96. The molecule has 0 aliphatic heterocycles. The van der Waals surface area contributed by atoms with Gasteiger partial charge in [0.1, 0.15) is 0 Å². The molecular weight excluding hydrogens is 188 g/mol. The Kier molecular flexibility index (Phi) is 3.14. The van der Waals surface area contributed by atoms with Crippen molar-refractivity contribution in [2.24, 2.45) is 0 Å². The quantitative estimate of drug-likeness (QED) is 0.711. The van der Waals surface area contributed by atoms with Crippen LogP contribution in [0.2, 0.25) is 5.02 Å². The summed E-state index contributed by atoms with van der Waals surface area (Å²) in [7, 11) is 0. The standard InChI is InChI=1S/C9H11ClN2O/c1-2-12-9(13)6-4-3-5-7(10)8(6)11/h3-5H,2,11H2,1H3,(H,12,13). The Bertz CT molecular complexity index is 325. The number of nitrogens with two attached hydrogens (primary N) is 1. The van der Waals surface area contributed by atoms with Crippen molar-refractivity contribution in [3.05, 3.63) is 28.8 Å². The van der Waals surface area contributed by atoms with E-state index in [1.165, 1.54) is 0 Å². The number of rotatable bonds is 2. The van der Waals surface area contributed by atoms with Crippen LogP contribution in [0.4, 0.5) is 5.69 Å². The number of carbonyl (C=O) groups excluding carboxylic acids is 1. The van der Waals surface area contributed by atoms with E-state index in [9.17, 15) is 4.79 Å². The Balaban J connectivity index is 3.01. The number of anilines is 1. The van der Waals surface area contributed by atoms with Gasteiger partial charge in [0.25, 0.3) is 5.91 Å². The molecule has 70 valence electrons. The summed E-state index contributed by atoms with van der Waals surface area (Å²) in [5.74, 6) is -0.192. The van der Waals surface area contributed by atoms with Gasteiger partial charge in [-0.3, -0.25) is 4.79 Å². The molecule has 3 N–H and O–H groups in total. The molecule has 1 amide bonds. The summed E-state index contributed by atoms with van der Waals surface area (Å²) in [6, 6.07) is 5.00. The zero-order valence-electron chi connectivity index (χ0n) is 7.30. The fourth-order valence-corrected chi connectivity index (χ4v) is 1.17. The number of nitrogen functional groups attached to an aromatic ring is 1. The molecule has 0 aromatic heterocycles. The molecule has 13 heavy (non-hydrogen) atoms. The molecule has 0 unspecified atom stereocenters. The molecule has 0 fully saturated rings. The summed E-state index contributed by atoms with van der Waals surface area (Å²) in [6.45, 7) is 2.42. The average Bonchev–Trinajstić information content (AvgIpc) is 2.10. The van der Waals surface area contributed by atoms with Crippen LogP contribution in [0, 0.1) is 0 Å². The van der Waals surface area contributed by atoms with Crippen molar-refractivity contribution < 1.29 is 4.79 Å². The largest absolute Gasteiger partial charge is 0.397 e. The Hall–Kier alpha value is -1.22. The van der Waals surface area contributed by atoms with E-state index in [4.69, 9.17) is 17.3 Å². The van der Waals surface area contributed by atoms with Crippen molar-refractivity contribution in [2.75, 3.05) is 12.3 Å². The third kappa shape index (κ3) is 2.12. The van der Waals surface area contributed by atoms with Gasteiger partial charge in [0, 0.05) is 6.54 Å². The van der Waals surface area contributed by atoms with Gasteiger partial charge in [-0.1, -0.05) is 17.7 Å². The second kappa shape index (κ2) is 4.14. The lowest BCUT2D eigenvalue weighted by Gasteiger charge is -2.06. The molecule has 1 aromatic carbocycles. The maximum atomic E-state index is 11.4. The molecule has 0 atom stereocenters. The second-order valence-electron chi connectivity index (χ2n) is 2.56. The molecule has 0 bridgehead atoms. The summed E-state index contributed by atoms with van der Waals surface area (Å²) in [4.78, 5) is 11.4. The minimum Gasteiger partial charge on any atom is -0.397 e. The van der Waals surface area contributed by atoms with Crippen molar-refractivity contribution in [1.29, 1.82) is 0 Å². The first-order valence-corrected chi connectivity index (χ1v) is 4.36. The monoisotopic (exact) mass is 198 g/mol. The van der Waals surface area contributed by atoms with Crippen LogP contribution < -0.4 is 11.1 Å². The van der Waals surface area contributed by atoms with Gasteiger partial charge >= 0.3 is 0 Å². The molecule has 0 saturated carbocycles. The van der Waals surface area contributed by atoms with Crippen LogP contribution in [0.5, 0.6) is 0 Å². The van der Waals surface area contributed by atoms with Crippen LogP contribution in [0.1, 0.15) is 17.3 Å². The van der Waals surface area contributed by atoms with Gasteiger partial charge in [-0.05, 0) is 19.1 Å². The Morgan fingerprint density at radius 3 is 2.92 bits per heavy atom. The zero-order valence-corrected chi connectivity index (χ0v) is 8.06. The highest BCUT2D eigenvalue weighted by atomic mass is 35.5. The molecule has 0 saturated heterocycles. The number of amides is 1. The summed E-state index contributed by atoms with van der Waals surface area (Å²) in [5, 5.41) is 3.06. The van der Waals surface area contributed by atoms with E-state index in [-0.39, 0.29) is 5.91 Å². The highest BCUT2D eigenvalue weighted by molar-refractivity contribution is 6.33. The summed E-state index contributed by atoms with van der Waals surface area (Å²) >= 11 is 5.75. The molecule has 0 aliphatic rings. The number of hydrogen-bond acceptors (Lipinski definition) is 2. The lowest BCUT2D eigenvalue weighted by atomic mass is 10.1. The van der Waals surface area contributed by atoms with Crippen LogP contribution >= 0.6 is 11.6 Å².